The first-order valence-electron chi connectivity index (χ1n) is 5.81. The molecule has 1 heterocycles. The van der Waals surface area contributed by atoms with Crippen LogP contribution in [0, 0.1) is 0 Å². The summed E-state index contributed by atoms with van der Waals surface area (Å²) >= 11 is 0. The molecule has 1 aromatic carbocycles. The van der Waals surface area contributed by atoms with Crippen molar-refractivity contribution in [2.45, 2.75) is 37.4 Å². The Morgan fingerprint density at radius 1 is 1.13 bits per heavy atom. The van der Waals surface area contributed by atoms with Crippen molar-refractivity contribution in [1.29, 1.82) is 0 Å². The Morgan fingerprint density at radius 3 is 2.47 bits per heavy atom. The standard InChI is InChI=1S/C13H16FN/c14-10-7-13(15-8-10)12-4-2-1-3-11(12)9-5-6-9/h1-4,9-10,13,15H,5-8H2. The maximum Gasteiger partial charge on any atom is 0.114 e. The van der Waals surface area contributed by atoms with Gasteiger partial charge >= 0.3 is 0 Å². The highest BCUT2D eigenvalue weighted by Crippen LogP contribution is 2.44. The molecule has 1 N–H and O–H groups in total. The lowest BCUT2D eigenvalue weighted by molar-refractivity contribution is 0.356. The molecule has 1 saturated heterocycles. The van der Waals surface area contributed by atoms with Crippen LogP contribution in [0.3, 0.4) is 0 Å². The quantitative estimate of drug-likeness (QED) is 0.782. The molecule has 2 unspecified atom stereocenters. The van der Waals surface area contributed by atoms with Gasteiger partial charge in [0.05, 0.1) is 0 Å². The van der Waals surface area contributed by atoms with Gasteiger partial charge in [-0.1, -0.05) is 24.3 Å². The number of benzene rings is 1. The van der Waals surface area contributed by atoms with Gasteiger partial charge in [-0.15, -0.1) is 0 Å². The average molecular weight is 205 g/mol. The summed E-state index contributed by atoms with van der Waals surface area (Å²) < 4.78 is 13.1. The molecule has 80 valence electrons. The van der Waals surface area contributed by atoms with Crippen LogP contribution in [0.25, 0.3) is 0 Å². The molecule has 1 aromatic rings. The van der Waals surface area contributed by atoms with Gasteiger partial charge in [-0.05, 0) is 36.3 Å². The van der Waals surface area contributed by atoms with Crippen molar-refractivity contribution in [1.82, 2.24) is 5.32 Å². The minimum Gasteiger partial charge on any atom is -0.307 e. The molecular weight excluding hydrogens is 189 g/mol. The fourth-order valence-electron chi connectivity index (χ4n) is 2.52. The van der Waals surface area contributed by atoms with E-state index in [0.29, 0.717) is 13.0 Å². The minimum atomic E-state index is -0.665. The lowest BCUT2D eigenvalue weighted by Crippen LogP contribution is -2.15. The van der Waals surface area contributed by atoms with Crippen molar-refractivity contribution in [3.63, 3.8) is 0 Å². The second kappa shape index (κ2) is 3.60. The van der Waals surface area contributed by atoms with Gasteiger partial charge < -0.3 is 5.32 Å². The third kappa shape index (κ3) is 1.78. The fraction of sp³-hybridized carbons (Fsp3) is 0.538. The van der Waals surface area contributed by atoms with Crippen LogP contribution in [0.2, 0.25) is 0 Å². The Balaban J connectivity index is 1.89. The lowest BCUT2D eigenvalue weighted by Gasteiger charge is -2.15. The maximum absolute atomic E-state index is 13.1. The van der Waals surface area contributed by atoms with Crippen molar-refractivity contribution in [3.8, 4) is 0 Å². The third-order valence-electron chi connectivity index (χ3n) is 3.47. The van der Waals surface area contributed by atoms with Gasteiger partial charge in [-0.2, -0.15) is 0 Å². The van der Waals surface area contributed by atoms with Crippen LogP contribution in [0.4, 0.5) is 4.39 Å². The van der Waals surface area contributed by atoms with E-state index in [1.165, 1.54) is 24.0 Å². The minimum absolute atomic E-state index is 0.247. The van der Waals surface area contributed by atoms with E-state index in [0.717, 1.165) is 5.92 Å². The summed E-state index contributed by atoms with van der Waals surface area (Å²) in [6.45, 7) is 0.518. The normalized spacial score (nSPS) is 30.7. The first-order valence-corrected chi connectivity index (χ1v) is 5.81. The summed E-state index contributed by atoms with van der Waals surface area (Å²) in [5, 5.41) is 3.27. The highest BCUT2D eigenvalue weighted by Gasteiger charge is 2.31. The highest BCUT2D eigenvalue weighted by atomic mass is 19.1. The van der Waals surface area contributed by atoms with E-state index < -0.39 is 6.17 Å². The smallest absolute Gasteiger partial charge is 0.114 e. The van der Waals surface area contributed by atoms with Crippen LogP contribution in [-0.4, -0.2) is 12.7 Å². The average Bonchev–Trinajstić information content (AvgIpc) is 3.02. The molecule has 3 rings (SSSR count). The molecule has 0 spiro atoms. The summed E-state index contributed by atoms with van der Waals surface area (Å²) in [5.41, 5.74) is 2.78. The summed E-state index contributed by atoms with van der Waals surface area (Å²) in [7, 11) is 0. The summed E-state index contributed by atoms with van der Waals surface area (Å²) in [6, 6.07) is 8.77. The Hall–Kier alpha value is -0.890. The zero-order valence-corrected chi connectivity index (χ0v) is 8.75. The molecule has 0 bridgehead atoms. The monoisotopic (exact) mass is 205 g/mol. The molecule has 2 atom stereocenters. The van der Waals surface area contributed by atoms with Crippen molar-refractivity contribution in [2.75, 3.05) is 6.54 Å². The van der Waals surface area contributed by atoms with Crippen molar-refractivity contribution < 1.29 is 4.39 Å². The van der Waals surface area contributed by atoms with E-state index in [1.54, 1.807) is 0 Å². The topological polar surface area (TPSA) is 12.0 Å². The molecule has 0 amide bonds. The van der Waals surface area contributed by atoms with Crippen molar-refractivity contribution >= 4 is 0 Å². The number of alkyl halides is 1. The van der Waals surface area contributed by atoms with Crippen LogP contribution in [0.15, 0.2) is 24.3 Å². The second-order valence-corrected chi connectivity index (χ2v) is 4.70. The number of hydrogen-bond donors (Lipinski definition) is 1. The number of halogens is 1. The van der Waals surface area contributed by atoms with Gasteiger partial charge in [0, 0.05) is 12.6 Å². The van der Waals surface area contributed by atoms with Crippen LogP contribution < -0.4 is 5.32 Å². The predicted octanol–water partition coefficient (Wildman–Crippen LogP) is 2.94. The van der Waals surface area contributed by atoms with Gasteiger partial charge in [0.15, 0.2) is 0 Å². The Labute approximate surface area is 89.7 Å². The Bertz CT molecular complexity index is 359. The molecule has 0 radical (unpaired) electrons. The van der Waals surface area contributed by atoms with Gasteiger partial charge in [-0.25, -0.2) is 4.39 Å². The number of nitrogens with one attached hydrogen (secondary N) is 1. The van der Waals surface area contributed by atoms with E-state index >= 15 is 0 Å². The Kier molecular flexibility index (Phi) is 2.24. The lowest BCUT2D eigenvalue weighted by atomic mass is 9.96. The van der Waals surface area contributed by atoms with Gasteiger partial charge in [0.1, 0.15) is 6.17 Å². The molecule has 1 nitrogen and oxygen atoms in total. The largest absolute Gasteiger partial charge is 0.307 e. The predicted molar refractivity (Wildman–Crippen MR) is 58.7 cm³/mol. The summed E-state index contributed by atoms with van der Waals surface area (Å²) in [5.74, 6) is 0.752. The van der Waals surface area contributed by atoms with Gasteiger partial charge in [0.2, 0.25) is 0 Å². The fourth-order valence-corrected chi connectivity index (χ4v) is 2.52. The van der Waals surface area contributed by atoms with Crippen LogP contribution >= 0.6 is 0 Å². The van der Waals surface area contributed by atoms with Gasteiger partial charge in [0.25, 0.3) is 0 Å². The zero-order valence-electron chi connectivity index (χ0n) is 8.75. The first-order chi connectivity index (χ1) is 7.34. The van der Waals surface area contributed by atoms with E-state index in [9.17, 15) is 4.39 Å². The molecule has 2 heteroatoms. The molecular formula is C13H16FN. The van der Waals surface area contributed by atoms with E-state index in [-0.39, 0.29) is 6.04 Å². The second-order valence-electron chi connectivity index (χ2n) is 4.70. The van der Waals surface area contributed by atoms with Crippen LogP contribution in [0.5, 0.6) is 0 Å². The van der Waals surface area contributed by atoms with Crippen LogP contribution in [-0.2, 0) is 0 Å². The first kappa shape index (κ1) is 9.34. The molecule has 1 aliphatic heterocycles. The molecule has 1 aliphatic carbocycles. The third-order valence-corrected chi connectivity index (χ3v) is 3.47. The molecule has 2 aliphatic rings. The molecule has 15 heavy (non-hydrogen) atoms. The summed E-state index contributed by atoms with van der Waals surface area (Å²) in [4.78, 5) is 0. The summed E-state index contributed by atoms with van der Waals surface area (Å²) in [6.07, 6.45) is 2.59. The van der Waals surface area contributed by atoms with E-state index in [2.05, 4.69) is 29.6 Å². The van der Waals surface area contributed by atoms with Crippen molar-refractivity contribution in [2.24, 2.45) is 0 Å². The van der Waals surface area contributed by atoms with Crippen LogP contribution in [0.1, 0.15) is 42.3 Å². The van der Waals surface area contributed by atoms with Crippen molar-refractivity contribution in [3.05, 3.63) is 35.4 Å². The number of hydrogen-bond acceptors (Lipinski definition) is 1. The maximum atomic E-state index is 13.1. The zero-order chi connectivity index (χ0) is 10.3. The van der Waals surface area contributed by atoms with E-state index in [1.807, 2.05) is 0 Å². The SMILES string of the molecule is FC1CNC(c2ccccc2C2CC2)C1. The Morgan fingerprint density at radius 2 is 1.87 bits per heavy atom. The van der Waals surface area contributed by atoms with Gasteiger partial charge in [-0.3, -0.25) is 0 Å². The number of rotatable bonds is 2. The van der Waals surface area contributed by atoms with E-state index in [4.69, 9.17) is 0 Å². The molecule has 0 aromatic heterocycles. The molecule has 2 fully saturated rings. The highest BCUT2D eigenvalue weighted by molar-refractivity contribution is 5.36. The molecule has 1 saturated carbocycles.